The van der Waals surface area contributed by atoms with Crippen LogP contribution in [-0.4, -0.2) is 15.0 Å². The Balaban J connectivity index is 2.39. The average molecular weight is 240 g/mol. The lowest BCUT2D eigenvalue weighted by Gasteiger charge is -1.97. The van der Waals surface area contributed by atoms with Crippen molar-refractivity contribution in [2.45, 2.75) is 19.8 Å². The van der Waals surface area contributed by atoms with Gasteiger partial charge in [-0.2, -0.15) is 8.42 Å². The van der Waals surface area contributed by atoms with Crippen LogP contribution in [0.2, 0.25) is 0 Å². The molecule has 0 saturated heterocycles. The summed E-state index contributed by atoms with van der Waals surface area (Å²) in [5.74, 6) is 0. The van der Waals surface area contributed by atoms with Gasteiger partial charge in [0.05, 0.1) is 12.0 Å². The second kappa shape index (κ2) is 6.45. The zero-order chi connectivity index (χ0) is 11.9. The van der Waals surface area contributed by atoms with E-state index in [4.69, 9.17) is 0 Å². The maximum absolute atomic E-state index is 11.1. The second-order valence-corrected chi connectivity index (χ2v) is 4.79. The van der Waals surface area contributed by atoms with Gasteiger partial charge in [0.25, 0.3) is 10.1 Å². The third-order valence-corrected chi connectivity index (χ3v) is 3.08. The summed E-state index contributed by atoms with van der Waals surface area (Å²) in [4.78, 5) is 0. The predicted octanol–water partition coefficient (Wildman–Crippen LogP) is 2.50. The molecular formula is C12H16O3S. The van der Waals surface area contributed by atoms with Gasteiger partial charge in [-0.1, -0.05) is 36.4 Å². The Labute approximate surface area is 96.9 Å². The Morgan fingerprint density at radius 3 is 2.56 bits per heavy atom. The maximum Gasteiger partial charge on any atom is 0.289 e. The lowest BCUT2D eigenvalue weighted by atomic mass is 10.1. The number of hydrogen-bond donors (Lipinski definition) is 0. The van der Waals surface area contributed by atoms with Gasteiger partial charge in [0.15, 0.2) is 0 Å². The van der Waals surface area contributed by atoms with Gasteiger partial charge >= 0.3 is 0 Å². The molecule has 0 fully saturated rings. The molecule has 0 radical (unpaired) electrons. The molecule has 88 valence electrons. The van der Waals surface area contributed by atoms with Gasteiger partial charge in [0.2, 0.25) is 0 Å². The summed E-state index contributed by atoms with van der Waals surface area (Å²) in [7, 11) is -3.47. The molecule has 0 amide bonds. The Morgan fingerprint density at radius 2 is 1.94 bits per heavy atom. The zero-order valence-corrected chi connectivity index (χ0v) is 10.1. The number of hydrogen-bond acceptors (Lipinski definition) is 3. The van der Waals surface area contributed by atoms with Crippen molar-refractivity contribution in [1.82, 2.24) is 0 Å². The summed E-state index contributed by atoms with van der Waals surface area (Å²) < 4.78 is 26.8. The second-order valence-electron chi connectivity index (χ2n) is 3.30. The van der Waals surface area contributed by atoms with Gasteiger partial charge < -0.3 is 0 Å². The van der Waals surface area contributed by atoms with Crippen molar-refractivity contribution < 1.29 is 12.6 Å². The Hall–Kier alpha value is -1.13. The van der Waals surface area contributed by atoms with Crippen LogP contribution in [0.1, 0.15) is 18.9 Å². The summed E-state index contributed by atoms with van der Waals surface area (Å²) >= 11 is 0. The molecule has 1 aromatic carbocycles. The minimum atomic E-state index is -3.47. The molecule has 0 saturated carbocycles. The average Bonchev–Trinajstić information content (AvgIpc) is 2.26. The molecule has 0 aromatic heterocycles. The van der Waals surface area contributed by atoms with Crippen molar-refractivity contribution in [3.8, 4) is 0 Å². The first kappa shape index (κ1) is 12.9. The van der Waals surface area contributed by atoms with Crippen molar-refractivity contribution in [1.29, 1.82) is 0 Å². The molecule has 1 rings (SSSR count). The SMILES string of the molecule is CCOS(=O)(=O)/C=C/CCc1ccccc1. The maximum atomic E-state index is 11.1. The number of benzene rings is 1. The fourth-order valence-corrected chi connectivity index (χ4v) is 2.06. The Bertz CT molecular complexity index is 421. The third-order valence-electron chi connectivity index (χ3n) is 1.99. The molecule has 0 aliphatic rings. The van der Waals surface area contributed by atoms with E-state index < -0.39 is 10.1 Å². The molecule has 0 bridgehead atoms. The summed E-state index contributed by atoms with van der Waals surface area (Å²) in [6.07, 6.45) is 3.15. The summed E-state index contributed by atoms with van der Waals surface area (Å²) in [6.45, 7) is 1.82. The highest BCUT2D eigenvalue weighted by Gasteiger charge is 2.02. The minimum absolute atomic E-state index is 0.172. The first-order valence-corrected chi connectivity index (χ1v) is 6.71. The van der Waals surface area contributed by atoms with E-state index in [0.717, 1.165) is 11.8 Å². The molecule has 0 N–H and O–H groups in total. The third kappa shape index (κ3) is 5.09. The molecule has 0 atom stereocenters. The van der Waals surface area contributed by atoms with Gasteiger partial charge in [0, 0.05) is 0 Å². The monoisotopic (exact) mass is 240 g/mol. The number of allylic oxidation sites excluding steroid dienone is 1. The molecule has 0 aliphatic heterocycles. The molecule has 0 aliphatic carbocycles. The van der Waals surface area contributed by atoms with Crippen molar-refractivity contribution in [3.63, 3.8) is 0 Å². The lowest BCUT2D eigenvalue weighted by Crippen LogP contribution is -2.00. The van der Waals surface area contributed by atoms with E-state index in [1.54, 1.807) is 13.0 Å². The highest BCUT2D eigenvalue weighted by molar-refractivity contribution is 7.89. The van der Waals surface area contributed by atoms with E-state index in [1.165, 1.54) is 5.56 Å². The molecule has 3 nitrogen and oxygen atoms in total. The van der Waals surface area contributed by atoms with E-state index in [0.29, 0.717) is 6.42 Å². The quantitative estimate of drug-likeness (QED) is 0.717. The van der Waals surface area contributed by atoms with Gasteiger partial charge in [0.1, 0.15) is 0 Å². The molecule has 0 heterocycles. The van der Waals surface area contributed by atoms with Gasteiger partial charge in [-0.25, -0.2) is 0 Å². The van der Waals surface area contributed by atoms with Crippen molar-refractivity contribution >= 4 is 10.1 Å². The van der Waals surface area contributed by atoms with Crippen LogP contribution in [0.5, 0.6) is 0 Å². The number of aryl methyl sites for hydroxylation is 1. The van der Waals surface area contributed by atoms with E-state index in [-0.39, 0.29) is 6.61 Å². The van der Waals surface area contributed by atoms with Crippen molar-refractivity contribution in [2.75, 3.05) is 6.61 Å². The van der Waals surface area contributed by atoms with Crippen LogP contribution >= 0.6 is 0 Å². The van der Waals surface area contributed by atoms with Crippen LogP contribution in [0.25, 0.3) is 0 Å². The Morgan fingerprint density at radius 1 is 1.25 bits per heavy atom. The molecular weight excluding hydrogens is 224 g/mol. The minimum Gasteiger partial charge on any atom is -0.267 e. The first-order valence-electron chi connectivity index (χ1n) is 5.24. The van der Waals surface area contributed by atoms with Crippen LogP contribution in [0.4, 0.5) is 0 Å². The van der Waals surface area contributed by atoms with Gasteiger partial charge in [-0.15, -0.1) is 0 Å². The predicted molar refractivity (Wildman–Crippen MR) is 64.4 cm³/mol. The summed E-state index contributed by atoms with van der Waals surface area (Å²) in [5, 5.41) is 1.12. The van der Waals surface area contributed by atoms with E-state index >= 15 is 0 Å². The van der Waals surface area contributed by atoms with Crippen LogP contribution in [0, 0.1) is 0 Å². The normalized spacial score (nSPS) is 12.1. The molecule has 0 unspecified atom stereocenters. The van der Waals surface area contributed by atoms with Crippen LogP contribution in [-0.2, 0) is 20.7 Å². The Kier molecular flexibility index (Phi) is 5.22. The van der Waals surface area contributed by atoms with Crippen LogP contribution < -0.4 is 0 Å². The van der Waals surface area contributed by atoms with Crippen molar-refractivity contribution in [3.05, 3.63) is 47.4 Å². The topological polar surface area (TPSA) is 43.4 Å². The number of rotatable bonds is 6. The first-order chi connectivity index (χ1) is 7.64. The highest BCUT2D eigenvalue weighted by Crippen LogP contribution is 2.04. The molecule has 16 heavy (non-hydrogen) atoms. The van der Waals surface area contributed by atoms with E-state index in [1.807, 2.05) is 30.3 Å². The zero-order valence-electron chi connectivity index (χ0n) is 9.30. The fourth-order valence-electron chi connectivity index (χ4n) is 1.28. The largest absolute Gasteiger partial charge is 0.289 e. The highest BCUT2D eigenvalue weighted by atomic mass is 32.2. The van der Waals surface area contributed by atoms with Crippen molar-refractivity contribution in [2.24, 2.45) is 0 Å². The van der Waals surface area contributed by atoms with Gasteiger partial charge in [-0.05, 0) is 25.3 Å². The van der Waals surface area contributed by atoms with Crippen LogP contribution in [0.15, 0.2) is 41.8 Å². The van der Waals surface area contributed by atoms with E-state index in [2.05, 4.69) is 4.18 Å². The fraction of sp³-hybridized carbons (Fsp3) is 0.333. The standard InChI is InChI=1S/C12H16O3S/c1-2-15-16(13,14)11-7-6-10-12-8-4-3-5-9-12/h3-5,7-9,11H,2,6,10H2,1H3/b11-7+. The van der Waals surface area contributed by atoms with E-state index in [9.17, 15) is 8.42 Å². The lowest BCUT2D eigenvalue weighted by molar-refractivity contribution is 0.344. The summed E-state index contributed by atoms with van der Waals surface area (Å²) in [6, 6.07) is 9.93. The molecule has 4 heteroatoms. The smallest absolute Gasteiger partial charge is 0.267 e. The summed E-state index contributed by atoms with van der Waals surface area (Å²) in [5.41, 5.74) is 1.20. The van der Waals surface area contributed by atoms with Crippen LogP contribution in [0.3, 0.4) is 0 Å². The molecule has 0 spiro atoms. The van der Waals surface area contributed by atoms with Gasteiger partial charge in [-0.3, -0.25) is 4.18 Å². The molecule has 1 aromatic rings.